The van der Waals surface area contributed by atoms with Gasteiger partial charge in [0.25, 0.3) is 0 Å². The predicted molar refractivity (Wildman–Crippen MR) is 62.4 cm³/mol. The molecular formula is C8H13IN2S. The summed E-state index contributed by atoms with van der Waals surface area (Å²) >= 11 is 4.11. The van der Waals surface area contributed by atoms with Crippen LogP contribution in [0, 0.1) is 2.88 Å². The number of hydrogen-bond acceptors (Lipinski definition) is 3. The van der Waals surface area contributed by atoms with E-state index in [1.165, 1.54) is 8.45 Å². The van der Waals surface area contributed by atoms with E-state index in [2.05, 4.69) is 46.3 Å². The first-order valence-corrected chi connectivity index (χ1v) is 5.84. The first-order valence-electron chi connectivity index (χ1n) is 3.88. The molecule has 1 aromatic rings. The molecule has 1 atom stereocenters. The summed E-state index contributed by atoms with van der Waals surface area (Å²) in [5, 5.41) is 5.52. The fourth-order valence-electron chi connectivity index (χ4n) is 0.814. The zero-order chi connectivity index (χ0) is 8.97. The third-order valence-electron chi connectivity index (χ3n) is 1.63. The Labute approximate surface area is 90.7 Å². The maximum Gasteiger partial charge on any atom is 0.0656 e. The summed E-state index contributed by atoms with van der Waals surface area (Å²) in [4.78, 5) is 0. The van der Waals surface area contributed by atoms with Crippen LogP contribution >= 0.6 is 33.9 Å². The molecule has 3 N–H and O–H groups in total. The number of nitrogens with two attached hydrogens (primary N) is 1. The predicted octanol–water partition coefficient (Wildman–Crippen LogP) is 1.79. The van der Waals surface area contributed by atoms with E-state index in [1.54, 1.807) is 11.3 Å². The van der Waals surface area contributed by atoms with Crippen molar-refractivity contribution in [3.05, 3.63) is 19.9 Å². The van der Waals surface area contributed by atoms with Gasteiger partial charge in [-0.15, -0.1) is 11.3 Å². The van der Waals surface area contributed by atoms with Gasteiger partial charge in [0.1, 0.15) is 0 Å². The van der Waals surface area contributed by atoms with Gasteiger partial charge in [0, 0.05) is 19.1 Å². The fraction of sp³-hybridized carbons (Fsp3) is 0.500. The molecule has 0 saturated carbocycles. The highest BCUT2D eigenvalue weighted by Crippen LogP contribution is 2.16. The standard InChI is InChI=1S/C8H13IN2S/c1-6(3-10)11-4-7-2-8(9)12-5-7/h2,5-6,11H,3-4,10H2,1H3/t6-/m0/s1. The molecule has 0 saturated heterocycles. The molecule has 1 rings (SSSR count). The summed E-state index contributed by atoms with van der Waals surface area (Å²) in [5.41, 5.74) is 6.83. The first kappa shape index (κ1) is 10.4. The first-order chi connectivity index (χ1) is 5.72. The summed E-state index contributed by atoms with van der Waals surface area (Å²) in [5.74, 6) is 0. The third kappa shape index (κ3) is 3.38. The van der Waals surface area contributed by atoms with Crippen LogP contribution in [0.2, 0.25) is 0 Å². The summed E-state index contributed by atoms with van der Waals surface area (Å²) < 4.78 is 1.34. The lowest BCUT2D eigenvalue weighted by Gasteiger charge is -2.09. The van der Waals surface area contributed by atoms with Gasteiger partial charge in [0.2, 0.25) is 0 Å². The Morgan fingerprint density at radius 3 is 3.00 bits per heavy atom. The van der Waals surface area contributed by atoms with Crippen LogP contribution in [-0.2, 0) is 6.54 Å². The van der Waals surface area contributed by atoms with Crippen molar-refractivity contribution in [1.29, 1.82) is 0 Å². The zero-order valence-electron chi connectivity index (χ0n) is 7.01. The number of halogens is 1. The van der Waals surface area contributed by atoms with Crippen LogP contribution in [0.15, 0.2) is 11.4 Å². The molecule has 0 amide bonds. The Morgan fingerprint density at radius 2 is 2.50 bits per heavy atom. The normalized spacial score (nSPS) is 13.2. The van der Waals surface area contributed by atoms with E-state index in [0.717, 1.165) is 6.54 Å². The van der Waals surface area contributed by atoms with E-state index < -0.39 is 0 Å². The molecule has 0 aliphatic rings. The fourth-order valence-corrected chi connectivity index (χ4v) is 2.23. The van der Waals surface area contributed by atoms with E-state index in [0.29, 0.717) is 12.6 Å². The minimum Gasteiger partial charge on any atom is -0.329 e. The highest BCUT2D eigenvalue weighted by molar-refractivity contribution is 14.1. The van der Waals surface area contributed by atoms with Crippen molar-refractivity contribution in [1.82, 2.24) is 5.32 Å². The van der Waals surface area contributed by atoms with Gasteiger partial charge in [-0.25, -0.2) is 0 Å². The van der Waals surface area contributed by atoms with Crippen molar-refractivity contribution in [3.8, 4) is 0 Å². The smallest absolute Gasteiger partial charge is 0.0656 e. The van der Waals surface area contributed by atoms with Crippen LogP contribution in [0.4, 0.5) is 0 Å². The average Bonchev–Trinajstić information content (AvgIpc) is 2.47. The van der Waals surface area contributed by atoms with Gasteiger partial charge in [-0.05, 0) is 46.5 Å². The second-order valence-corrected chi connectivity index (χ2v) is 5.58. The van der Waals surface area contributed by atoms with E-state index in [9.17, 15) is 0 Å². The maximum atomic E-state index is 5.48. The highest BCUT2D eigenvalue weighted by Gasteiger charge is 1.99. The van der Waals surface area contributed by atoms with E-state index >= 15 is 0 Å². The number of nitrogens with one attached hydrogen (secondary N) is 1. The Kier molecular flexibility index (Phi) is 4.49. The molecule has 0 aromatic carbocycles. The lowest BCUT2D eigenvalue weighted by Crippen LogP contribution is -2.32. The Balaban J connectivity index is 2.33. The van der Waals surface area contributed by atoms with Gasteiger partial charge in [0.15, 0.2) is 0 Å². The summed E-state index contributed by atoms with van der Waals surface area (Å²) in [6.45, 7) is 3.72. The van der Waals surface area contributed by atoms with Crippen molar-refractivity contribution >= 4 is 33.9 Å². The zero-order valence-corrected chi connectivity index (χ0v) is 9.98. The van der Waals surface area contributed by atoms with Crippen LogP contribution < -0.4 is 11.1 Å². The minimum atomic E-state index is 0.405. The van der Waals surface area contributed by atoms with Gasteiger partial charge >= 0.3 is 0 Å². The number of hydrogen-bond donors (Lipinski definition) is 2. The largest absolute Gasteiger partial charge is 0.329 e. The van der Waals surface area contributed by atoms with Crippen molar-refractivity contribution in [3.63, 3.8) is 0 Å². The van der Waals surface area contributed by atoms with Crippen LogP contribution in [0.5, 0.6) is 0 Å². The molecule has 0 spiro atoms. The van der Waals surface area contributed by atoms with E-state index in [-0.39, 0.29) is 0 Å². The Morgan fingerprint density at radius 1 is 1.75 bits per heavy atom. The van der Waals surface area contributed by atoms with Crippen molar-refractivity contribution in [2.24, 2.45) is 5.73 Å². The van der Waals surface area contributed by atoms with Crippen molar-refractivity contribution in [2.45, 2.75) is 19.5 Å². The molecule has 2 nitrogen and oxygen atoms in total. The molecule has 1 heterocycles. The lowest BCUT2D eigenvalue weighted by molar-refractivity contribution is 0.557. The molecule has 0 aliphatic carbocycles. The SMILES string of the molecule is C[C@@H](CN)NCc1csc(I)c1. The quantitative estimate of drug-likeness (QED) is 0.831. The monoisotopic (exact) mass is 296 g/mol. The van der Waals surface area contributed by atoms with Crippen LogP contribution in [-0.4, -0.2) is 12.6 Å². The number of thiophene rings is 1. The molecule has 0 fully saturated rings. The second-order valence-electron chi connectivity index (χ2n) is 2.78. The van der Waals surface area contributed by atoms with Crippen LogP contribution in [0.25, 0.3) is 0 Å². The summed E-state index contributed by atoms with van der Waals surface area (Å²) in [6, 6.07) is 2.60. The van der Waals surface area contributed by atoms with Gasteiger partial charge < -0.3 is 11.1 Å². The molecule has 0 radical (unpaired) electrons. The van der Waals surface area contributed by atoms with Crippen molar-refractivity contribution < 1.29 is 0 Å². The molecule has 0 aliphatic heterocycles. The Bertz CT molecular complexity index is 237. The molecule has 0 unspecified atom stereocenters. The Hall–Kier alpha value is 0.350. The molecular weight excluding hydrogens is 283 g/mol. The highest BCUT2D eigenvalue weighted by atomic mass is 127. The van der Waals surface area contributed by atoms with Gasteiger partial charge in [-0.1, -0.05) is 0 Å². The topological polar surface area (TPSA) is 38.0 Å². The maximum absolute atomic E-state index is 5.48. The molecule has 68 valence electrons. The number of rotatable bonds is 4. The average molecular weight is 296 g/mol. The van der Waals surface area contributed by atoms with Crippen LogP contribution in [0.1, 0.15) is 12.5 Å². The third-order valence-corrected chi connectivity index (χ3v) is 3.47. The van der Waals surface area contributed by atoms with Crippen LogP contribution in [0.3, 0.4) is 0 Å². The van der Waals surface area contributed by atoms with Gasteiger partial charge in [-0.3, -0.25) is 0 Å². The summed E-state index contributed by atoms with van der Waals surface area (Å²) in [6.07, 6.45) is 0. The molecule has 4 heteroatoms. The second kappa shape index (κ2) is 5.16. The van der Waals surface area contributed by atoms with E-state index in [4.69, 9.17) is 5.73 Å². The van der Waals surface area contributed by atoms with E-state index in [1.807, 2.05) is 0 Å². The molecule has 12 heavy (non-hydrogen) atoms. The van der Waals surface area contributed by atoms with Crippen molar-refractivity contribution in [2.75, 3.05) is 6.54 Å². The minimum absolute atomic E-state index is 0.405. The van der Waals surface area contributed by atoms with Gasteiger partial charge in [-0.2, -0.15) is 0 Å². The molecule has 1 aromatic heterocycles. The molecule has 0 bridgehead atoms. The summed E-state index contributed by atoms with van der Waals surface area (Å²) in [7, 11) is 0. The lowest BCUT2D eigenvalue weighted by atomic mass is 10.3. The van der Waals surface area contributed by atoms with Gasteiger partial charge in [0.05, 0.1) is 2.88 Å².